The minimum atomic E-state index is -0.288. The second-order valence-corrected chi connectivity index (χ2v) is 8.34. The second kappa shape index (κ2) is 10.0. The van der Waals surface area contributed by atoms with Gasteiger partial charge in [-0.1, -0.05) is 12.1 Å². The summed E-state index contributed by atoms with van der Waals surface area (Å²) in [5.41, 5.74) is 1.40. The molecule has 0 amide bonds. The van der Waals surface area contributed by atoms with E-state index in [-0.39, 0.29) is 18.0 Å². The Balaban J connectivity index is 1.33. The SMILES string of the molecule is CC1CCC(C)N1CCOc1ccc(-n2ccc(OCc3ccc(F)cc3)cc2=O)cc1. The van der Waals surface area contributed by atoms with Crippen LogP contribution in [-0.2, 0) is 6.61 Å². The lowest BCUT2D eigenvalue weighted by atomic mass is 10.2. The smallest absolute Gasteiger partial charge is 0.258 e. The standard InChI is InChI=1S/C26H29FN2O3/c1-19-3-4-20(2)28(19)15-16-31-24-11-9-23(10-12-24)29-14-13-25(17-26(29)30)32-18-21-5-7-22(27)8-6-21/h5-14,17,19-20H,3-4,15-16,18H2,1-2H3. The van der Waals surface area contributed by atoms with Gasteiger partial charge in [-0.15, -0.1) is 0 Å². The fourth-order valence-electron chi connectivity index (χ4n) is 4.17. The van der Waals surface area contributed by atoms with Crippen LogP contribution in [0.1, 0.15) is 32.3 Å². The van der Waals surface area contributed by atoms with Gasteiger partial charge in [0.1, 0.15) is 30.5 Å². The van der Waals surface area contributed by atoms with Crippen molar-refractivity contribution in [1.29, 1.82) is 0 Å². The first-order chi connectivity index (χ1) is 15.5. The molecular weight excluding hydrogens is 407 g/mol. The minimum Gasteiger partial charge on any atom is -0.492 e. The Morgan fingerprint density at radius 2 is 1.59 bits per heavy atom. The van der Waals surface area contributed by atoms with Crippen LogP contribution in [0.15, 0.2) is 71.7 Å². The molecule has 2 atom stereocenters. The van der Waals surface area contributed by atoms with E-state index in [9.17, 15) is 9.18 Å². The zero-order valence-electron chi connectivity index (χ0n) is 18.5. The van der Waals surface area contributed by atoms with E-state index in [1.54, 1.807) is 29.0 Å². The molecule has 6 heteroatoms. The van der Waals surface area contributed by atoms with Crippen LogP contribution in [0.4, 0.5) is 4.39 Å². The van der Waals surface area contributed by atoms with Crippen LogP contribution in [-0.4, -0.2) is 34.7 Å². The summed E-state index contributed by atoms with van der Waals surface area (Å²) in [7, 11) is 0. The first-order valence-electron chi connectivity index (χ1n) is 11.1. The highest BCUT2D eigenvalue weighted by atomic mass is 19.1. The third-order valence-corrected chi connectivity index (χ3v) is 6.08. The van der Waals surface area contributed by atoms with Crippen LogP contribution in [0.25, 0.3) is 5.69 Å². The van der Waals surface area contributed by atoms with Gasteiger partial charge in [-0.2, -0.15) is 0 Å². The number of aromatic nitrogens is 1. The molecule has 2 heterocycles. The van der Waals surface area contributed by atoms with Gasteiger partial charge in [0.15, 0.2) is 0 Å². The lowest BCUT2D eigenvalue weighted by molar-refractivity contribution is 0.170. The van der Waals surface area contributed by atoms with Gasteiger partial charge >= 0.3 is 0 Å². The highest BCUT2D eigenvalue weighted by Crippen LogP contribution is 2.23. The lowest BCUT2D eigenvalue weighted by Gasteiger charge is -2.25. The van der Waals surface area contributed by atoms with Crippen LogP contribution in [0, 0.1) is 5.82 Å². The quantitative estimate of drug-likeness (QED) is 0.508. The Morgan fingerprint density at radius 1 is 0.906 bits per heavy atom. The van der Waals surface area contributed by atoms with E-state index < -0.39 is 0 Å². The predicted molar refractivity (Wildman–Crippen MR) is 123 cm³/mol. The molecule has 1 saturated heterocycles. The van der Waals surface area contributed by atoms with Crippen molar-refractivity contribution in [3.63, 3.8) is 0 Å². The summed E-state index contributed by atoms with van der Waals surface area (Å²) in [4.78, 5) is 15.1. The predicted octanol–water partition coefficient (Wildman–Crippen LogP) is 4.81. The number of rotatable bonds is 8. The molecule has 0 aliphatic carbocycles. The molecular formula is C26H29FN2O3. The fraction of sp³-hybridized carbons (Fsp3) is 0.346. The number of ether oxygens (including phenoxy) is 2. The van der Waals surface area contributed by atoms with Crippen molar-refractivity contribution in [2.24, 2.45) is 0 Å². The first-order valence-corrected chi connectivity index (χ1v) is 11.1. The van der Waals surface area contributed by atoms with Crippen molar-refractivity contribution in [1.82, 2.24) is 9.47 Å². The molecule has 5 nitrogen and oxygen atoms in total. The lowest BCUT2D eigenvalue weighted by Crippen LogP contribution is -2.36. The number of benzene rings is 2. The Hall–Kier alpha value is -3.12. The molecule has 32 heavy (non-hydrogen) atoms. The number of hydrogen-bond acceptors (Lipinski definition) is 4. The summed E-state index contributed by atoms with van der Waals surface area (Å²) in [5.74, 6) is 0.977. The molecule has 0 radical (unpaired) electrons. The Kier molecular flexibility index (Phi) is 6.90. The average Bonchev–Trinajstić information content (AvgIpc) is 3.11. The first kappa shape index (κ1) is 22.1. The van der Waals surface area contributed by atoms with Crippen molar-refractivity contribution in [2.75, 3.05) is 13.2 Å². The monoisotopic (exact) mass is 436 g/mol. The zero-order chi connectivity index (χ0) is 22.5. The van der Waals surface area contributed by atoms with Crippen LogP contribution >= 0.6 is 0 Å². The maximum Gasteiger partial charge on any atom is 0.258 e. The van der Waals surface area contributed by atoms with E-state index in [0.717, 1.165) is 23.5 Å². The Labute approximate surface area is 188 Å². The second-order valence-electron chi connectivity index (χ2n) is 8.34. The van der Waals surface area contributed by atoms with Gasteiger partial charge in [0.05, 0.1) is 0 Å². The molecule has 168 valence electrons. The highest BCUT2D eigenvalue weighted by molar-refractivity contribution is 5.38. The molecule has 2 aromatic carbocycles. The van der Waals surface area contributed by atoms with E-state index in [0.29, 0.717) is 24.4 Å². The summed E-state index contributed by atoms with van der Waals surface area (Å²) in [5, 5.41) is 0. The maximum absolute atomic E-state index is 13.0. The average molecular weight is 437 g/mol. The topological polar surface area (TPSA) is 43.7 Å². The molecule has 2 unspecified atom stereocenters. The molecule has 1 aliphatic rings. The number of pyridine rings is 1. The number of likely N-dealkylation sites (tertiary alicyclic amines) is 1. The van der Waals surface area contributed by atoms with Gasteiger partial charge in [-0.25, -0.2) is 4.39 Å². The fourth-order valence-corrected chi connectivity index (χ4v) is 4.17. The summed E-state index contributed by atoms with van der Waals surface area (Å²) >= 11 is 0. The summed E-state index contributed by atoms with van der Waals surface area (Å²) in [6, 6.07) is 18.0. The van der Waals surface area contributed by atoms with E-state index >= 15 is 0 Å². The third kappa shape index (κ3) is 5.37. The van der Waals surface area contributed by atoms with Crippen LogP contribution < -0.4 is 15.0 Å². The summed E-state index contributed by atoms with van der Waals surface area (Å²) in [6.45, 7) is 6.38. The van der Waals surface area contributed by atoms with Gasteiger partial charge < -0.3 is 9.47 Å². The molecule has 4 rings (SSSR count). The zero-order valence-corrected chi connectivity index (χ0v) is 18.5. The van der Waals surface area contributed by atoms with E-state index in [1.807, 2.05) is 24.3 Å². The Bertz CT molecular complexity index is 1070. The number of hydrogen-bond donors (Lipinski definition) is 0. The van der Waals surface area contributed by atoms with Crippen molar-refractivity contribution < 1.29 is 13.9 Å². The van der Waals surface area contributed by atoms with E-state index in [2.05, 4.69) is 18.7 Å². The van der Waals surface area contributed by atoms with Gasteiger partial charge in [0.25, 0.3) is 5.56 Å². The van der Waals surface area contributed by atoms with Crippen LogP contribution in [0.3, 0.4) is 0 Å². The maximum atomic E-state index is 13.0. The van der Waals surface area contributed by atoms with Crippen LogP contribution in [0.5, 0.6) is 11.5 Å². The van der Waals surface area contributed by atoms with Crippen molar-refractivity contribution >= 4 is 0 Å². The van der Waals surface area contributed by atoms with E-state index in [4.69, 9.17) is 9.47 Å². The largest absolute Gasteiger partial charge is 0.492 e. The number of halogens is 1. The van der Waals surface area contributed by atoms with Crippen LogP contribution in [0.2, 0.25) is 0 Å². The normalized spacial score (nSPS) is 18.6. The van der Waals surface area contributed by atoms with Crippen molar-refractivity contribution in [3.05, 3.63) is 88.6 Å². The molecule has 1 aliphatic heterocycles. The summed E-state index contributed by atoms with van der Waals surface area (Å²) < 4.78 is 26.1. The van der Waals surface area contributed by atoms with Gasteiger partial charge in [-0.3, -0.25) is 14.3 Å². The minimum absolute atomic E-state index is 0.188. The van der Waals surface area contributed by atoms with Gasteiger partial charge in [0.2, 0.25) is 0 Å². The molecule has 0 bridgehead atoms. The van der Waals surface area contributed by atoms with Gasteiger partial charge in [0, 0.05) is 36.6 Å². The molecule has 0 saturated carbocycles. The summed E-state index contributed by atoms with van der Waals surface area (Å²) in [6.07, 6.45) is 4.19. The van der Waals surface area contributed by atoms with Crippen molar-refractivity contribution in [2.45, 2.75) is 45.4 Å². The van der Waals surface area contributed by atoms with Gasteiger partial charge in [-0.05, 0) is 74.7 Å². The third-order valence-electron chi connectivity index (χ3n) is 6.08. The molecule has 1 aromatic heterocycles. The Morgan fingerprint density at radius 3 is 2.25 bits per heavy atom. The molecule has 3 aromatic rings. The molecule has 1 fully saturated rings. The number of nitrogens with zero attached hydrogens (tertiary/aromatic N) is 2. The van der Waals surface area contributed by atoms with Crippen molar-refractivity contribution in [3.8, 4) is 17.2 Å². The highest BCUT2D eigenvalue weighted by Gasteiger charge is 2.26. The molecule has 0 N–H and O–H groups in total. The van der Waals surface area contributed by atoms with E-state index in [1.165, 1.54) is 31.0 Å². The molecule has 0 spiro atoms.